The van der Waals surface area contributed by atoms with Crippen LogP contribution < -0.4 is 0 Å². The van der Waals surface area contributed by atoms with Gasteiger partial charge in [-0.25, -0.2) is 4.39 Å². The van der Waals surface area contributed by atoms with Crippen LogP contribution in [0.3, 0.4) is 0 Å². The molecule has 0 saturated heterocycles. The number of alkyl halides is 1. The summed E-state index contributed by atoms with van der Waals surface area (Å²) in [6, 6.07) is 6.82. The highest BCUT2D eigenvalue weighted by Gasteiger charge is 2.08. The van der Waals surface area contributed by atoms with E-state index < -0.39 is 0 Å². The van der Waals surface area contributed by atoms with Gasteiger partial charge in [0.15, 0.2) is 0 Å². The summed E-state index contributed by atoms with van der Waals surface area (Å²) in [4.78, 5) is 2.24. The molecular formula is C13H19BrFN. The Morgan fingerprint density at radius 3 is 2.75 bits per heavy atom. The number of nitrogens with zero attached hydrogens (tertiary/aromatic N) is 1. The Bertz CT molecular complexity index is 313. The molecule has 3 heteroatoms. The molecule has 1 atom stereocenters. The van der Waals surface area contributed by atoms with Crippen molar-refractivity contribution in [1.82, 2.24) is 4.90 Å². The van der Waals surface area contributed by atoms with Gasteiger partial charge in [-0.1, -0.05) is 41.4 Å². The highest BCUT2D eigenvalue weighted by Crippen LogP contribution is 2.11. The second kappa shape index (κ2) is 7.02. The Labute approximate surface area is 106 Å². The Morgan fingerprint density at radius 1 is 1.44 bits per heavy atom. The van der Waals surface area contributed by atoms with Gasteiger partial charge < -0.3 is 4.90 Å². The molecule has 0 spiro atoms. The molecule has 0 aliphatic heterocycles. The minimum Gasteiger partial charge on any atom is -0.302 e. The Balaban J connectivity index is 2.47. The summed E-state index contributed by atoms with van der Waals surface area (Å²) in [5, 5.41) is 1.02. The van der Waals surface area contributed by atoms with E-state index in [-0.39, 0.29) is 5.82 Å². The zero-order valence-corrected chi connectivity index (χ0v) is 11.5. The van der Waals surface area contributed by atoms with E-state index in [4.69, 9.17) is 0 Å². The molecule has 0 aromatic heterocycles. The molecule has 0 amide bonds. The molecule has 0 N–H and O–H groups in total. The second-order valence-electron chi connectivity index (χ2n) is 4.26. The molecule has 0 aliphatic carbocycles. The fraction of sp³-hybridized carbons (Fsp3) is 0.538. The van der Waals surface area contributed by atoms with Crippen molar-refractivity contribution >= 4 is 15.9 Å². The second-order valence-corrected chi connectivity index (χ2v) is 4.90. The van der Waals surface area contributed by atoms with Crippen molar-refractivity contribution < 1.29 is 4.39 Å². The lowest BCUT2D eigenvalue weighted by molar-refractivity contribution is 0.278. The maximum absolute atomic E-state index is 13.0. The summed E-state index contributed by atoms with van der Waals surface area (Å²) in [5.74, 6) is 0.511. The quantitative estimate of drug-likeness (QED) is 0.722. The smallest absolute Gasteiger partial charge is 0.123 e. The van der Waals surface area contributed by atoms with Crippen molar-refractivity contribution in [3.63, 3.8) is 0 Å². The van der Waals surface area contributed by atoms with Crippen LogP contribution in [-0.2, 0) is 6.54 Å². The molecule has 1 rings (SSSR count). The standard InChI is InChI=1S/C13H19BrFN/c1-3-11(8-14)9-16(2)10-12-5-4-6-13(15)7-12/h4-7,11H,3,8-10H2,1-2H3. The van der Waals surface area contributed by atoms with Crippen LogP contribution in [0.4, 0.5) is 4.39 Å². The van der Waals surface area contributed by atoms with Crippen molar-refractivity contribution in [2.24, 2.45) is 5.92 Å². The predicted molar refractivity (Wildman–Crippen MR) is 70.3 cm³/mol. The molecule has 0 heterocycles. The van der Waals surface area contributed by atoms with E-state index in [0.29, 0.717) is 5.92 Å². The first-order chi connectivity index (χ1) is 7.65. The van der Waals surface area contributed by atoms with E-state index in [1.807, 2.05) is 6.07 Å². The molecule has 0 aliphatic rings. The maximum Gasteiger partial charge on any atom is 0.123 e. The van der Waals surface area contributed by atoms with Crippen LogP contribution in [0.2, 0.25) is 0 Å². The van der Waals surface area contributed by atoms with Gasteiger partial charge >= 0.3 is 0 Å². The summed E-state index contributed by atoms with van der Waals surface area (Å²) in [6.07, 6.45) is 1.17. The molecular weight excluding hydrogens is 269 g/mol. The molecule has 1 aromatic rings. The molecule has 0 radical (unpaired) electrons. The van der Waals surface area contributed by atoms with E-state index in [9.17, 15) is 4.39 Å². The third-order valence-corrected chi connectivity index (χ3v) is 3.62. The van der Waals surface area contributed by atoms with Crippen molar-refractivity contribution in [1.29, 1.82) is 0 Å². The Morgan fingerprint density at radius 2 is 2.19 bits per heavy atom. The predicted octanol–water partition coefficient (Wildman–Crippen LogP) is 3.68. The molecule has 0 bridgehead atoms. The van der Waals surface area contributed by atoms with E-state index in [0.717, 1.165) is 24.0 Å². The zero-order valence-electron chi connectivity index (χ0n) is 9.92. The molecule has 0 fully saturated rings. The number of rotatable bonds is 6. The summed E-state index contributed by atoms with van der Waals surface area (Å²) < 4.78 is 13.0. The van der Waals surface area contributed by atoms with Crippen molar-refractivity contribution in [2.75, 3.05) is 18.9 Å². The van der Waals surface area contributed by atoms with Gasteiger partial charge in [-0.3, -0.25) is 0 Å². The molecule has 1 unspecified atom stereocenters. The fourth-order valence-corrected chi connectivity index (χ4v) is 2.40. The fourth-order valence-electron chi connectivity index (χ4n) is 1.74. The van der Waals surface area contributed by atoms with Crippen LogP contribution in [0.1, 0.15) is 18.9 Å². The van der Waals surface area contributed by atoms with Gasteiger partial charge in [0.1, 0.15) is 5.82 Å². The number of halogens is 2. The van der Waals surface area contributed by atoms with Gasteiger partial charge in [0.2, 0.25) is 0 Å². The third kappa shape index (κ3) is 4.62. The first kappa shape index (κ1) is 13.7. The van der Waals surface area contributed by atoms with E-state index in [2.05, 4.69) is 34.8 Å². The first-order valence-electron chi connectivity index (χ1n) is 5.64. The van der Waals surface area contributed by atoms with Gasteiger partial charge in [0.05, 0.1) is 0 Å². The number of hydrogen-bond acceptors (Lipinski definition) is 1. The van der Waals surface area contributed by atoms with Crippen molar-refractivity contribution in [2.45, 2.75) is 19.9 Å². The van der Waals surface area contributed by atoms with Crippen LogP contribution in [0.5, 0.6) is 0 Å². The van der Waals surface area contributed by atoms with E-state index >= 15 is 0 Å². The number of hydrogen-bond donors (Lipinski definition) is 0. The van der Waals surface area contributed by atoms with E-state index in [1.54, 1.807) is 12.1 Å². The molecule has 90 valence electrons. The van der Waals surface area contributed by atoms with Gasteiger partial charge in [-0.05, 0) is 30.7 Å². The minimum absolute atomic E-state index is 0.154. The van der Waals surface area contributed by atoms with Crippen molar-refractivity contribution in [3.8, 4) is 0 Å². The summed E-state index contributed by atoms with van der Waals surface area (Å²) >= 11 is 3.51. The molecule has 1 nitrogen and oxygen atoms in total. The third-order valence-electron chi connectivity index (χ3n) is 2.71. The highest BCUT2D eigenvalue weighted by molar-refractivity contribution is 9.09. The Kier molecular flexibility index (Phi) is 5.99. The van der Waals surface area contributed by atoms with Gasteiger partial charge in [0.25, 0.3) is 0 Å². The van der Waals surface area contributed by atoms with Crippen LogP contribution in [-0.4, -0.2) is 23.8 Å². The lowest BCUT2D eigenvalue weighted by atomic mass is 10.1. The molecule has 0 saturated carbocycles. The van der Waals surface area contributed by atoms with Crippen LogP contribution >= 0.6 is 15.9 Å². The largest absolute Gasteiger partial charge is 0.302 e. The van der Waals surface area contributed by atoms with Crippen LogP contribution in [0, 0.1) is 11.7 Å². The SMILES string of the molecule is CCC(CBr)CN(C)Cc1cccc(F)c1. The number of benzene rings is 1. The van der Waals surface area contributed by atoms with Gasteiger partial charge in [0, 0.05) is 18.4 Å². The molecule has 16 heavy (non-hydrogen) atoms. The molecule has 1 aromatic carbocycles. The normalized spacial score (nSPS) is 13.1. The summed E-state index contributed by atoms with van der Waals surface area (Å²) in [7, 11) is 2.08. The van der Waals surface area contributed by atoms with E-state index in [1.165, 1.54) is 12.5 Å². The van der Waals surface area contributed by atoms with Crippen LogP contribution in [0.15, 0.2) is 24.3 Å². The average Bonchev–Trinajstić information content (AvgIpc) is 2.26. The first-order valence-corrected chi connectivity index (χ1v) is 6.76. The monoisotopic (exact) mass is 287 g/mol. The minimum atomic E-state index is -0.154. The summed E-state index contributed by atoms with van der Waals surface area (Å²) in [5.41, 5.74) is 1.03. The lowest BCUT2D eigenvalue weighted by Gasteiger charge is -2.21. The van der Waals surface area contributed by atoms with Crippen LogP contribution in [0.25, 0.3) is 0 Å². The zero-order chi connectivity index (χ0) is 12.0. The highest BCUT2D eigenvalue weighted by atomic mass is 79.9. The topological polar surface area (TPSA) is 3.24 Å². The van der Waals surface area contributed by atoms with Crippen molar-refractivity contribution in [3.05, 3.63) is 35.6 Å². The average molecular weight is 288 g/mol. The van der Waals surface area contributed by atoms with Gasteiger partial charge in [-0.15, -0.1) is 0 Å². The maximum atomic E-state index is 13.0. The lowest BCUT2D eigenvalue weighted by Crippen LogP contribution is -2.25. The summed E-state index contributed by atoms with van der Waals surface area (Å²) in [6.45, 7) is 4.04. The van der Waals surface area contributed by atoms with Gasteiger partial charge in [-0.2, -0.15) is 0 Å². The Hall–Kier alpha value is -0.410.